The minimum atomic E-state index is -0.637. The predicted octanol–water partition coefficient (Wildman–Crippen LogP) is 3.92. The Morgan fingerprint density at radius 1 is 1.21 bits per heavy atom. The summed E-state index contributed by atoms with van der Waals surface area (Å²) >= 11 is 7.38. The van der Waals surface area contributed by atoms with Gasteiger partial charge in [-0.05, 0) is 30.7 Å². The average Bonchev–Trinajstić information content (AvgIpc) is 3.33. The summed E-state index contributed by atoms with van der Waals surface area (Å²) in [6, 6.07) is 12.5. The van der Waals surface area contributed by atoms with Crippen molar-refractivity contribution in [3.63, 3.8) is 0 Å². The number of fused-ring (bicyclic) bond motifs is 1. The first-order valence-corrected chi connectivity index (χ1v) is 9.88. The lowest BCUT2D eigenvalue weighted by Gasteiger charge is -2.14. The molecular formula is C20H15ClN2O4S. The number of carbonyl (C=O) groups is 3. The molecule has 3 aromatic rings. The maximum Gasteiger partial charge on any atom is 0.339 e. The maximum atomic E-state index is 12.7. The van der Waals surface area contributed by atoms with E-state index in [1.54, 1.807) is 30.3 Å². The number of halogens is 1. The standard InChI is InChI=1S/C20H15ClN2O4S/c21-17-8-7-16(28-17)15-10-13(12-4-1-2-5-14(12)22-15)20(26)27-11-19(25)23-9-3-6-18(23)24/h1-2,4-5,7-8,10H,3,6,9,11H2. The van der Waals surface area contributed by atoms with Gasteiger partial charge in [-0.2, -0.15) is 0 Å². The van der Waals surface area contributed by atoms with Crippen LogP contribution in [0.2, 0.25) is 4.34 Å². The van der Waals surface area contributed by atoms with Crippen LogP contribution in [0, 0.1) is 0 Å². The predicted molar refractivity (Wildman–Crippen MR) is 106 cm³/mol. The fourth-order valence-corrected chi connectivity index (χ4v) is 4.12. The van der Waals surface area contributed by atoms with Crippen molar-refractivity contribution >= 4 is 51.6 Å². The van der Waals surface area contributed by atoms with Crippen molar-refractivity contribution in [2.24, 2.45) is 0 Å². The minimum absolute atomic E-state index is 0.229. The monoisotopic (exact) mass is 414 g/mol. The number of thiophene rings is 1. The summed E-state index contributed by atoms with van der Waals surface area (Å²) in [5, 5.41) is 0.628. The van der Waals surface area contributed by atoms with Crippen molar-refractivity contribution in [1.29, 1.82) is 0 Å². The molecule has 6 nitrogen and oxygen atoms in total. The third-order valence-corrected chi connectivity index (χ3v) is 5.72. The highest BCUT2D eigenvalue weighted by Gasteiger charge is 2.27. The summed E-state index contributed by atoms with van der Waals surface area (Å²) in [5.74, 6) is -1.37. The van der Waals surface area contributed by atoms with Crippen molar-refractivity contribution in [2.75, 3.05) is 13.2 Å². The van der Waals surface area contributed by atoms with Gasteiger partial charge in [0.05, 0.1) is 26.0 Å². The van der Waals surface area contributed by atoms with E-state index in [4.69, 9.17) is 16.3 Å². The molecule has 0 radical (unpaired) electrons. The quantitative estimate of drug-likeness (QED) is 0.605. The van der Waals surface area contributed by atoms with Crippen molar-refractivity contribution in [3.8, 4) is 10.6 Å². The topological polar surface area (TPSA) is 76.6 Å². The number of ether oxygens (including phenoxy) is 1. The summed E-state index contributed by atoms with van der Waals surface area (Å²) in [4.78, 5) is 43.1. The van der Waals surface area contributed by atoms with Crippen LogP contribution in [0.4, 0.5) is 0 Å². The molecule has 0 saturated carbocycles. The highest BCUT2D eigenvalue weighted by molar-refractivity contribution is 7.19. The lowest BCUT2D eigenvalue weighted by Crippen LogP contribution is -2.35. The van der Waals surface area contributed by atoms with Crippen LogP contribution in [0.15, 0.2) is 42.5 Å². The molecule has 3 heterocycles. The second kappa shape index (κ2) is 7.69. The zero-order valence-corrected chi connectivity index (χ0v) is 16.3. The Morgan fingerprint density at radius 2 is 2.04 bits per heavy atom. The molecule has 8 heteroatoms. The second-order valence-electron chi connectivity index (χ2n) is 6.29. The van der Waals surface area contributed by atoms with Crippen molar-refractivity contribution in [2.45, 2.75) is 12.8 Å². The van der Waals surface area contributed by atoms with Crippen molar-refractivity contribution in [3.05, 3.63) is 52.4 Å². The highest BCUT2D eigenvalue weighted by atomic mass is 35.5. The van der Waals surface area contributed by atoms with Gasteiger partial charge in [-0.15, -0.1) is 11.3 Å². The molecule has 0 N–H and O–H groups in total. The van der Waals surface area contributed by atoms with Gasteiger partial charge in [-0.3, -0.25) is 14.5 Å². The van der Waals surface area contributed by atoms with Crippen LogP contribution in [0.25, 0.3) is 21.5 Å². The third-order valence-electron chi connectivity index (χ3n) is 4.46. The summed E-state index contributed by atoms with van der Waals surface area (Å²) in [6.07, 6.45) is 0.988. The molecule has 1 aliphatic heterocycles. The van der Waals surface area contributed by atoms with E-state index in [-0.39, 0.29) is 5.91 Å². The average molecular weight is 415 g/mol. The Bertz CT molecular complexity index is 1090. The van der Waals surface area contributed by atoms with E-state index in [0.717, 1.165) is 9.78 Å². The number of carbonyl (C=O) groups excluding carboxylic acids is 3. The molecule has 0 unspecified atom stereocenters. The molecule has 1 aromatic carbocycles. The summed E-state index contributed by atoms with van der Waals surface area (Å²) in [7, 11) is 0. The first-order chi connectivity index (χ1) is 13.5. The number of benzene rings is 1. The van der Waals surface area contributed by atoms with E-state index in [2.05, 4.69) is 4.98 Å². The zero-order valence-electron chi connectivity index (χ0n) is 14.7. The van der Waals surface area contributed by atoms with Gasteiger partial charge in [0.1, 0.15) is 0 Å². The molecule has 0 bridgehead atoms. The Labute approximate surface area is 169 Å². The number of likely N-dealkylation sites (tertiary alicyclic amines) is 1. The SMILES string of the molecule is O=C(OCC(=O)N1CCCC1=O)c1cc(-c2ccc(Cl)s2)nc2ccccc12. The van der Waals surface area contributed by atoms with Gasteiger partial charge in [0, 0.05) is 18.4 Å². The van der Waals surface area contributed by atoms with Crippen LogP contribution in [-0.4, -0.2) is 40.8 Å². The van der Waals surface area contributed by atoms with Crippen LogP contribution in [0.5, 0.6) is 0 Å². The van der Waals surface area contributed by atoms with E-state index in [1.165, 1.54) is 11.3 Å². The van der Waals surface area contributed by atoms with Crippen molar-refractivity contribution < 1.29 is 19.1 Å². The van der Waals surface area contributed by atoms with Gasteiger partial charge in [0.25, 0.3) is 5.91 Å². The van der Waals surface area contributed by atoms with Gasteiger partial charge >= 0.3 is 5.97 Å². The number of rotatable bonds is 4. The fourth-order valence-electron chi connectivity index (χ4n) is 3.12. The van der Waals surface area contributed by atoms with Crippen LogP contribution in [0.1, 0.15) is 23.2 Å². The highest BCUT2D eigenvalue weighted by Crippen LogP contribution is 2.32. The van der Waals surface area contributed by atoms with E-state index in [0.29, 0.717) is 45.9 Å². The van der Waals surface area contributed by atoms with Crippen LogP contribution in [-0.2, 0) is 14.3 Å². The number of amides is 2. The molecule has 1 fully saturated rings. The molecular weight excluding hydrogens is 400 g/mol. The number of para-hydroxylation sites is 1. The normalized spacial score (nSPS) is 13.9. The Kier molecular flexibility index (Phi) is 5.11. The number of hydrogen-bond acceptors (Lipinski definition) is 6. The number of aromatic nitrogens is 1. The van der Waals surface area contributed by atoms with E-state index in [1.807, 2.05) is 12.1 Å². The van der Waals surface area contributed by atoms with Gasteiger partial charge in [-0.1, -0.05) is 29.8 Å². The maximum absolute atomic E-state index is 12.7. The Morgan fingerprint density at radius 3 is 2.75 bits per heavy atom. The van der Waals surface area contributed by atoms with Gasteiger partial charge in [-0.25, -0.2) is 9.78 Å². The first kappa shape index (κ1) is 18.6. The second-order valence-corrected chi connectivity index (χ2v) is 8.01. The summed E-state index contributed by atoms with van der Waals surface area (Å²) < 4.78 is 5.84. The molecule has 0 spiro atoms. The number of hydrogen-bond donors (Lipinski definition) is 0. The molecule has 0 atom stereocenters. The Hall–Kier alpha value is -2.77. The smallest absolute Gasteiger partial charge is 0.339 e. The third kappa shape index (κ3) is 3.63. The van der Waals surface area contributed by atoms with Gasteiger partial charge < -0.3 is 4.74 Å². The molecule has 142 valence electrons. The lowest BCUT2D eigenvalue weighted by atomic mass is 10.1. The molecule has 1 aliphatic rings. The van der Waals surface area contributed by atoms with Crippen molar-refractivity contribution in [1.82, 2.24) is 9.88 Å². The number of esters is 1. The molecule has 2 amide bonds. The molecule has 0 aliphatic carbocycles. The molecule has 4 rings (SSSR count). The zero-order chi connectivity index (χ0) is 19.7. The molecule has 28 heavy (non-hydrogen) atoms. The number of nitrogens with zero attached hydrogens (tertiary/aromatic N) is 2. The molecule has 2 aromatic heterocycles. The lowest BCUT2D eigenvalue weighted by molar-refractivity contribution is -0.143. The van der Waals surface area contributed by atoms with E-state index >= 15 is 0 Å². The number of pyridine rings is 1. The van der Waals surface area contributed by atoms with E-state index in [9.17, 15) is 14.4 Å². The van der Waals surface area contributed by atoms with Crippen LogP contribution < -0.4 is 0 Å². The molecule has 1 saturated heterocycles. The van der Waals surface area contributed by atoms with Crippen LogP contribution >= 0.6 is 22.9 Å². The Balaban J connectivity index is 1.62. The number of imide groups is 1. The van der Waals surface area contributed by atoms with Crippen LogP contribution in [0.3, 0.4) is 0 Å². The first-order valence-electron chi connectivity index (χ1n) is 8.69. The fraction of sp³-hybridized carbons (Fsp3) is 0.200. The summed E-state index contributed by atoms with van der Waals surface area (Å²) in [5.41, 5.74) is 1.55. The minimum Gasteiger partial charge on any atom is -0.452 e. The van der Waals surface area contributed by atoms with Gasteiger partial charge in [0.2, 0.25) is 5.91 Å². The van der Waals surface area contributed by atoms with E-state index < -0.39 is 18.5 Å². The summed E-state index contributed by atoms with van der Waals surface area (Å²) in [6.45, 7) is -0.0991. The largest absolute Gasteiger partial charge is 0.452 e. The van der Waals surface area contributed by atoms with Gasteiger partial charge in [0.15, 0.2) is 6.61 Å².